The number of hydrogen-bond donors (Lipinski definition) is 1. The molecule has 6 heteroatoms. The maximum absolute atomic E-state index is 13.1. The number of sulfonamides is 1. The van der Waals surface area contributed by atoms with Crippen LogP contribution in [-0.4, -0.2) is 18.0 Å². The van der Waals surface area contributed by atoms with Gasteiger partial charge in [-0.05, 0) is 74.6 Å². The van der Waals surface area contributed by atoms with E-state index in [1.165, 1.54) is 0 Å². The summed E-state index contributed by atoms with van der Waals surface area (Å²) in [6, 6.07) is 9.46. The zero-order valence-electron chi connectivity index (χ0n) is 16.3. The molecule has 0 amide bonds. The van der Waals surface area contributed by atoms with Crippen molar-refractivity contribution >= 4 is 10.0 Å². The number of imidazole rings is 1. The quantitative estimate of drug-likeness (QED) is 0.720. The standard InChI is InChI=1S/C21H25N3O2S/c1-14-12-15(2)17(4)21(16(14)3)27(25,26)23-18(5)19-6-8-20(9-7-19)24-11-10-22-13-24/h6-13,18,23H,1-5H3. The number of hydrogen-bond acceptors (Lipinski definition) is 3. The number of aromatic nitrogens is 2. The highest BCUT2D eigenvalue weighted by Crippen LogP contribution is 2.27. The molecule has 0 aliphatic heterocycles. The third-order valence-corrected chi connectivity index (χ3v) is 6.91. The fraction of sp³-hybridized carbons (Fsp3) is 0.286. The van der Waals surface area contributed by atoms with Crippen molar-refractivity contribution in [1.82, 2.24) is 14.3 Å². The number of rotatable bonds is 5. The molecule has 0 saturated carbocycles. The summed E-state index contributed by atoms with van der Waals surface area (Å²) in [5.41, 5.74) is 5.45. The second-order valence-corrected chi connectivity index (χ2v) is 8.64. The molecule has 3 aromatic rings. The van der Waals surface area contributed by atoms with Crippen LogP contribution in [0.4, 0.5) is 0 Å². The van der Waals surface area contributed by atoms with Gasteiger partial charge in [0.15, 0.2) is 0 Å². The van der Waals surface area contributed by atoms with E-state index < -0.39 is 10.0 Å². The second kappa shape index (κ2) is 7.29. The maximum Gasteiger partial charge on any atom is 0.241 e. The fourth-order valence-corrected chi connectivity index (χ4v) is 5.14. The lowest BCUT2D eigenvalue weighted by Crippen LogP contribution is -2.28. The molecule has 0 radical (unpaired) electrons. The summed E-state index contributed by atoms with van der Waals surface area (Å²) >= 11 is 0. The maximum atomic E-state index is 13.1. The molecule has 1 aromatic heterocycles. The minimum absolute atomic E-state index is 0.341. The van der Waals surface area contributed by atoms with Crippen molar-refractivity contribution in [1.29, 1.82) is 0 Å². The van der Waals surface area contributed by atoms with E-state index in [9.17, 15) is 8.42 Å². The number of aryl methyl sites for hydroxylation is 2. The van der Waals surface area contributed by atoms with E-state index in [2.05, 4.69) is 9.71 Å². The van der Waals surface area contributed by atoms with Crippen molar-refractivity contribution in [3.8, 4) is 5.69 Å². The molecule has 1 unspecified atom stereocenters. The van der Waals surface area contributed by atoms with E-state index in [0.717, 1.165) is 33.5 Å². The van der Waals surface area contributed by atoms with Gasteiger partial charge in [-0.2, -0.15) is 0 Å². The van der Waals surface area contributed by atoms with Gasteiger partial charge in [0, 0.05) is 24.1 Å². The van der Waals surface area contributed by atoms with Gasteiger partial charge in [0.05, 0.1) is 11.2 Å². The highest BCUT2D eigenvalue weighted by molar-refractivity contribution is 7.89. The van der Waals surface area contributed by atoms with Crippen LogP contribution in [0.1, 0.15) is 40.8 Å². The summed E-state index contributed by atoms with van der Waals surface area (Å²) in [6.45, 7) is 9.47. The molecule has 0 saturated heterocycles. The largest absolute Gasteiger partial charge is 0.306 e. The summed E-state index contributed by atoms with van der Waals surface area (Å²) in [6.07, 6.45) is 5.32. The summed E-state index contributed by atoms with van der Waals surface area (Å²) < 4.78 is 30.9. The highest BCUT2D eigenvalue weighted by atomic mass is 32.2. The SMILES string of the molecule is Cc1cc(C)c(C)c(S(=O)(=O)NC(C)c2ccc(-n3ccnc3)cc2)c1C. The van der Waals surface area contributed by atoms with Crippen molar-refractivity contribution in [2.75, 3.05) is 0 Å². The predicted molar refractivity (Wildman–Crippen MR) is 108 cm³/mol. The van der Waals surface area contributed by atoms with Crippen LogP contribution in [0.25, 0.3) is 5.69 Å². The minimum Gasteiger partial charge on any atom is -0.306 e. The molecule has 3 rings (SSSR count). The van der Waals surface area contributed by atoms with E-state index in [1.54, 1.807) is 12.5 Å². The molecule has 1 atom stereocenters. The van der Waals surface area contributed by atoms with Crippen LogP contribution in [0.15, 0.2) is 53.9 Å². The van der Waals surface area contributed by atoms with Gasteiger partial charge in [-0.25, -0.2) is 18.1 Å². The van der Waals surface area contributed by atoms with Crippen molar-refractivity contribution in [2.24, 2.45) is 0 Å². The fourth-order valence-electron chi connectivity index (χ4n) is 3.29. The van der Waals surface area contributed by atoms with Crippen molar-refractivity contribution in [2.45, 2.75) is 45.6 Å². The Morgan fingerprint density at radius 1 is 1.00 bits per heavy atom. The Bertz CT molecular complexity index is 1030. The zero-order chi connectivity index (χ0) is 19.8. The summed E-state index contributed by atoms with van der Waals surface area (Å²) in [4.78, 5) is 4.43. The molecule has 0 aliphatic rings. The van der Waals surface area contributed by atoms with E-state index in [1.807, 2.05) is 75.7 Å². The van der Waals surface area contributed by atoms with Crippen molar-refractivity contribution < 1.29 is 8.42 Å². The van der Waals surface area contributed by atoms with Gasteiger partial charge >= 0.3 is 0 Å². The molecule has 0 aliphatic carbocycles. The topological polar surface area (TPSA) is 64.0 Å². The van der Waals surface area contributed by atoms with Gasteiger partial charge in [0.1, 0.15) is 0 Å². The highest BCUT2D eigenvalue weighted by Gasteiger charge is 2.24. The van der Waals surface area contributed by atoms with Crippen molar-refractivity contribution in [3.63, 3.8) is 0 Å². The van der Waals surface area contributed by atoms with Gasteiger partial charge in [-0.3, -0.25) is 0 Å². The van der Waals surface area contributed by atoms with E-state index in [4.69, 9.17) is 0 Å². The normalized spacial score (nSPS) is 12.9. The summed E-state index contributed by atoms with van der Waals surface area (Å²) in [7, 11) is -3.63. The first kappa shape index (κ1) is 19.3. The Balaban J connectivity index is 1.88. The molecular weight excluding hydrogens is 358 g/mol. The van der Waals surface area contributed by atoms with Gasteiger partial charge < -0.3 is 4.57 Å². The third-order valence-electron chi connectivity index (χ3n) is 5.09. The lowest BCUT2D eigenvalue weighted by molar-refractivity contribution is 0.565. The number of nitrogens with zero attached hydrogens (tertiary/aromatic N) is 2. The third kappa shape index (κ3) is 3.82. The second-order valence-electron chi connectivity index (χ2n) is 6.99. The zero-order valence-corrected chi connectivity index (χ0v) is 17.1. The lowest BCUT2D eigenvalue weighted by atomic mass is 10.0. The van der Waals surface area contributed by atoms with Gasteiger partial charge in [0.25, 0.3) is 0 Å². The Morgan fingerprint density at radius 2 is 1.59 bits per heavy atom. The van der Waals surface area contributed by atoms with Gasteiger partial charge in [0.2, 0.25) is 10.0 Å². The number of nitrogens with one attached hydrogen (secondary N) is 1. The van der Waals surface area contributed by atoms with Crippen molar-refractivity contribution in [3.05, 3.63) is 76.9 Å². The first-order valence-corrected chi connectivity index (χ1v) is 10.4. The van der Waals surface area contributed by atoms with Gasteiger partial charge in [-0.1, -0.05) is 18.2 Å². The molecule has 0 bridgehead atoms. The smallest absolute Gasteiger partial charge is 0.241 e. The first-order chi connectivity index (χ1) is 12.7. The van der Waals surface area contributed by atoms with Crippen LogP contribution in [0.3, 0.4) is 0 Å². The van der Waals surface area contributed by atoms with Crippen LogP contribution in [-0.2, 0) is 10.0 Å². The molecule has 1 heterocycles. The van der Waals surface area contributed by atoms with Crippen LogP contribution >= 0.6 is 0 Å². The van der Waals surface area contributed by atoms with E-state index in [0.29, 0.717) is 4.90 Å². The van der Waals surface area contributed by atoms with Crippen LogP contribution < -0.4 is 4.72 Å². The molecule has 0 fully saturated rings. The molecule has 142 valence electrons. The molecule has 1 N–H and O–H groups in total. The molecule has 2 aromatic carbocycles. The molecule has 0 spiro atoms. The van der Waals surface area contributed by atoms with Crippen LogP contribution in [0.2, 0.25) is 0 Å². The monoisotopic (exact) mass is 383 g/mol. The van der Waals surface area contributed by atoms with Gasteiger partial charge in [-0.15, -0.1) is 0 Å². The average molecular weight is 384 g/mol. The van der Waals surface area contributed by atoms with Crippen LogP contribution in [0, 0.1) is 27.7 Å². The Labute approximate surface area is 161 Å². The molecule has 27 heavy (non-hydrogen) atoms. The Morgan fingerprint density at radius 3 is 2.11 bits per heavy atom. The summed E-state index contributed by atoms with van der Waals surface area (Å²) in [5, 5.41) is 0. The van der Waals surface area contributed by atoms with E-state index in [-0.39, 0.29) is 6.04 Å². The summed E-state index contributed by atoms with van der Waals surface area (Å²) in [5.74, 6) is 0. The lowest BCUT2D eigenvalue weighted by Gasteiger charge is -2.20. The average Bonchev–Trinajstić information content (AvgIpc) is 3.14. The van der Waals surface area contributed by atoms with E-state index >= 15 is 0 Å². The van der Waals surface area contributed by atoms with Crippen LogP contribution in [0.5, 0.6) is 0 Å². The predicted octanol–water partition coefficient (Wildman–Crippen LogP) is 4.15. The number of benzene rings is 2. The molecule has 5 nitrogen and oxygen atoms in total. The minimum atomic E-state index is -3.63. The Hall–Kier alpha value is -2.44. The molecular formula is C21H25N3O2S. The Kier molecular flexibility index (Phi) is 5.22. The first-order valence-electron chi connectivity index (χ1n) is 8.88.